The van der Waals surface area contributed by atoms with E-state index >= 15 is 0 Å². The molecule has 0 aromatic heterocycles. The third-order valence-electron chi connectivity index (χ3n) is 5.53. The number of carbonyl (C=O) groups is 1. The van der Waals surface area contributed by atoms with Crippen LogP contribution in [0.3, 0.4) is 0 Å². The molecule has 0 bridgehead atoms. The van der Waals surface area contributed by atoms with Gasteiger partial charge >= 0.3 is 5.97 Å². The molecule has 4 heteroatoms. The van der Waals surface area contributed by atoms with Crippen molar-refractivity contribution in [3.63, 3.8) is 0 Å². The van der Waals surface area contributed by atoms with E-state index in [0.29, 0.717) is 18.6 Å². The van der Waals surface area contributed by atoms with Crippen LogP contribution in [0.25, 0.3) is 0 Å². The lowest BCUT2D eigenvalue weighted by atomic mass is 9.90. The van der Waals surface area contributed by atoms with Crippen molar-refractivity contribution in [1.82, 2.24) is 10.2 Å². The Labute approximate surface area is 128 Å². The van der Waals surface area contributed by atoms with E-state index in [1.54, 1.807) is 0 Å². The van der Waals surface area contributed by atoms with Crippen molar-refractivity contribution in [1.29, 1.82) is 0 Å². The molecule has 3 rings (SSSR count). The van der Waals surface area contributed by atoms with Crippen LogP contribution in [-0.4, -0.2) is 49.2 Å². The van der Waals surface area contributed by atoms with E-state index in [1.165, 1.54) is 44.9 Å². The number of hydrogen-bond donors (Lipinski definition) is 1. The molecule has 120 valence electrons. The monoisotopic (exact) mass is 294 g/mol. The van der Waals surface area contributed by atoms with Crippen LogP contribution in [0.15, 0.2) is 0 Å². The number of esters is 1. The molecule has 4 nitrogen and oxygen atoms in total. The summed E-state index contributed by atoms with van der Waals surface area (Å²) >= 11 is 0. The number of hydrogen-bond acceptors (Lipinski definition) is 4. The van der Waals surface area contributed by atoms with Crippen LogP contribution >= 0.6 is 0 Å². The first-order valence-corrected chi connectivity index (χ1v) is 8.97. The van der Waals surface area contributed by atoms with E-state index < -0.39 is 0 Å². The summed E-state index contributed by atoms with van der Waals surface area (Å²) in [5.41, 5.74) is 0. The molecule has 21 heavy (non-hydrogen) atoms. The Hall–Kier alpha value is -0.610. The van der Waals surface area contributed by atoms with E-state index in [2.05, 4.69) is 10.2 Å². The topological polar surface area (TPSA) is 41.6 Å². The number of ether oxygens (including phenoxy) is 1. The lowest BCUT2D eigenvalue weighted by molar-refractivity contribution is -0.151. The molecule has 3 fully saturated rings. The van der Waals surface area contributed by atoms with Crippen molar-refractivity contribution < 1.29 is 9.53 Å². The van der Waals surface area contributed by atoms with Crippen LogP contribution < -0.4 is 5.32 Å². The zero-order valence-electron chi connectivity index (χ0n) is 13.2. The number of nitrogens with one attached hydrogen (secondary N) is 1. The summed E-state index contributed by atoms with van der Waals surface area (Å²) in [5, 5.41) is 3.41. The van der Waals surface area contributed by atoms with Crippen molar-refractivity contribution in [2.45, 2.75) is 69.9 Å². The summed E-state index contributed by atoms with van der Waals surface area (Å²) < 4.78 is 5.69. The molecule has 1 aliphatic carbocycles. The Balaban J connectivity index is 1.48. The van der Waals surface area contributed by atoms with E-state index in [0.717, 1.165) is 32.5 Å². The molecule has 0 radical (unpaired) electrons. The number of nitrogens with zero attached hydrogens (tertiary/aromatic N) is 1. The number of piperidine rings is 1. The van der Waals surface area contributed by atoms with Gasteiger partial charge in [0.25, 0.3) is 0 Å². The number of rotatable bonds is 4. The van der Waals surface area contributed by atoms with Gasteiger partial charge in [0.05, 0.1) is 6.61 Å². The van der Waals surface area contributed by atoms with Crippen LogP contribution in [-0.2, 0) is 9.53 Å². The highest BCUT2D eigenvalue weighted by molar-refractivity contribution is 5.76. The minimum absolute atomic E-state index is 0.0386. The maximum Gasteiger partial charge on any atom is 0.323 e. The Morgan fingerprint density at radius 2 is 1.76 bits per heavy atom. The largest absolute Gasteiger partial charge is 0.464 e. The lowest BCUT2D eigenvalue weighted by Gasteiger charge is -2.35. The standard InChI is InChI=1S/C17H30N2O2/c20-17(21-13-14-5-2-1-3-6-14)16-7-4-12-19(16)15-8-10-18-11-9-15/h14-16,18H,1-13H2. The molecule has 0 aromatic rings. The molecule has 0 amide bonds. The maximum atomic E-state index is 12.5. The molecule has 2 aliphatic heterocycles. The predicted molar refractivity (Wildman–Crippen MR) is 83.2 cm³/mol. The lowest BCUT2D eigenvalue weighted by Crippen LogP contribution is -2.48. The molecule has 2 saturated heterocycles. The third kappa shape index (κ3) is 3.98. The first-order chi connectivity index (χ1) is 10.3. The fourth-order valence-electron chi connectivity index (χ4n) is 4.27. The summed E-state index contributed by atoms with van der Waals surface area (Å²) in [6.45, 7) is 3.92. The van der Waals surface area contributed by atoms with Gasteiger partial charge in [-0.1, -0.05) is 19.3 Å². The molecule has 1 unspecified atom stereocenters. The second kappa shape index (κ2) is 7.59. The quantitative estimate of drug-likeness (QED) is 0.808. The van der Waals surface area contributed by atoms with Crippen LogP contribution in [0.1, 0.15) is 57.8 Å². The Morgan fingerprint density at radius 3 is 2.52 bits per heavy atom. The average molecular weight is 294 g/mol. The van der Waals surface area contributed by atoms with Gasteiger partial charge in [0.15, 0.2) is 0 Å². The van der Waals surface area contributed by atoms with Gasteiger partial charge in [-0.25, -0.2) is 0 Å². The van der Waals surface area contributed by atoms with Crippen molar-refractivity contribution in [2.24, 2.45) is 5.92 Å². The number of carbonyl (C=O) groups excluding carboxylic acids is 1. The van der Waals surface area contributed by atoms with Crippen LogP contribution in [0, 0.1) is 5.92 Å². The van der Waals surface area contributed by atoms with Crippen LogP contribution in [0.4, 0.5) is 0 Å². The zero-order chi connectivity index (χ0) is 14.5. The Morgan fingerprint density at radius 1 is 1.00 bits per heavy atom. The third-order valence-corrected chi connectivity index (χ3v) is 5.53. The SMILES string of the molecule is O=C(OCC1CCCCC1)C1CCCN1C1CCNCC1. The fraction of sp³-hybridized carbons (Fsp3) is 0.941. The van der Waals surface area contributed by atoms with Gasteiger partial charge < -0.3 is 10.1 Å². The minimum atomic E-state index is 0.0386. The Kier molecular flexibility index (Phi) is 5.53. The molecular weight excluding hydrogens is 264 g/mol. The summed E-state index contributed by atoms with van der Waals surface area (Å²) in [7, 11) is 0. The van der Waals surface area contributed by atoms with Gasteiger partial charge in [0, 0.05) is 6.04 Å². The van der Waals surface area contributed by atoms with Gasteiger partial charge in [-0.2, -0.15) is 0 Å². The second-order valence-electron chi connectivity index (χ2n) is 7.01. The molecule has 1 atom stereocenters. The molecule has 3 aliphatic rings. The highest BCUT2D eigenvalue weighted by Gasteiger charge is 2.36. The zero-order valence-corrected chi connectivity index (χ0v) is 13.2. The van der Waals surface area contributed by atoms with Gasteiger partial charge in [0.1, 0.15) is 6.04 Å². The average Bonchev–Trinajstić information content (AvgIpc) is 3.04. The summed E-state index contributed by atoms with van der Waals surface area (Å²) in [5.74, 6) is 0.674. The summed E-state index contributed by atoms with van der Waals surface area (Å²) in [6.07, 6.45) is 11.0. The first kappa shape index (κ1) is 15.3. The van der Waals surface area contributed by atoms with Crippen molar-refractivity contribution in [3.05, 3.63) is 0 Å². The van der Waals surface area contributed by atoms with Gasteiger partial charge in [-0.15, -0.1) is 0 Å². The molecule has 0 spiro atoms. The Bertz CT molecular complexity index is 336. The van der Waals surface area contributed by atoms with E-state index in [-0.39, 0.29) is 12.0 Å². The molecule has 0 aromatic carbocycles. The smallest absolute Gasteiger partial charge is 0.323 e. The highest BCUT2D eigenvalue weighted by atomic mass is 16.5. The molecular formula is C17H30N2O2. The molecule has 1 N–H and O–H groups in total. The molecule has 1 saturated carbocycles. The fourth-order valence-corrected chi connectivity index (χ4v) is 4.27. The summed E-state index contributed by atoms with van der Waals surface area (Å²) in [6, 6.07) is 0.623. The van der Waals surface area contributed by atoms with E-state index in [1.807, 2.05) is 0 Å². The summed E-state index contributed by atoms with van der Waals surface area (Å²) in [4.78, 5) is 14.9. The predicted octanol–water partition coefficient (Wildman–Crippen LogP) is 2.33. The highest BCUT2D eigenvalue weighted by Crippen LogP contribution is 2.27. The first-order valence-electron chi connectivity index (χ1n) is 8.97. The normalized spacial score (nSPS) is 29.6. The molecule has 2 heterocycles. The van der Waals surface area contributed by atoms with Gasteiger partial charge in [-0.3, -0.25) is 9.69 Å². The number of likely N-dealkylation sites (tertiary alicyclic amines) is 1. The maximum absolute atomic E-state index is 12.5. The van der Waals surface area contributed by atoms with Crippen molar-refractivity contribution in [2.75, 3.05) is 26.2 Å². The van der Waals surface area contributed by atoms with Gasteiger partial charge in [0.2, 0.25) is 0 Å². The van der Waals surface area contributed by atoms with Crippen molar-refractivity contribution in [3.8, 4) is 0 Å². The second-order valence-corrected chi connectivity index (χ2v) is 7.01. The van der Waals surface area contributed by atoms with Gasteiger partial charge in [-0.05, 0) is 64.1 Å². The van der Waals surface area contributed by atoms with E-state index in [9.17, 15) is 4.79 Å². The van der Waals surface area contributed by atoms with E-state index in [4.69, 9.17) is 4.74 Å². The minimum Gasteiger partial charge on any atom is -0.464 e. The van der Waals surface area contributed by atoms with Crippen LogP contribution in [0.5, 0.6) is 0 Å². The van der Waals surface area contributed by atoms with Crippen molar-refractivity contribution >= 4 is 5.97 Å². The van der Waals surface area contributed by atoms with Crippen LogP contribution in [0.2, 0.25) is 0 Å².